The number of aryl methyl sites for hydroxylation is 1. The molecule has 1 aromatic carbocycles. The number of hydrogen-bond acceptors (Lipinski definition) is 1. The van der Waals surface area contributed by atoms with Gasteiger partial charge in [-0.2, -0.15) is 0 Å². The number of halogens is 2. The molecule has 1 rings (SSSR count). The second-order valence-corrected chi connectivity index (χ2v) is 4.56. The number of rotatable bonds is 2. The zero-order chi connectivity index (χ0) is 11.6. The van der Waals surface area contributed by atoms with Gasteiger partial charge in [0, 0.05) is 10.5 Å². The molecule has 0 aliphatic heterocycles. The first-order valence-electron chi connectivity index (χ1n) is 4.68. The van der Waals surface area contributed by atoms with Crippen LogP contribution in [0, 0.1) is 12.7 Å². The highest BCUT2D eigenvalue weighted by Gasteiger charge is 2.13. The highest BCUT2D eigenvalue weighted by atomic mass is 79.9. The molecule has 82 valence electrons. The van der Waals surface area contributed by atoms with E-state index in [9.17, 15) is 9.18 Å². The minimum Gasteiger partial charge on any atom is -0.350 e. The van der Waals surface area contributed by atoms with Crippen LogP contribution in [0.15, 0.2) is 16.6 Å². The first-order chi connectivity index (χ1) is 6.91. The first-order valence-corrected chi connectivity index (χ1v) is 5.47. The van der Waals surface area contributed by atoms with E-state index in [2.05, 4.69) is 21.2 Å². The smallest absolute Gasteiger partial charge is 0.252 e. The molecule has 0 fully saturated rings. The number of nitrogens with one attached hydrogen (secondary N) is 1. The number of hydrogen-bond donors (Lipinski definition) is 1. The number of carbonyl (C=O) groups excluding carboxylic acids is 1. The lowest BCUT2D eigenvalue weighted by Gasteiger charge is -2.10. The minimum absolute atomic E-state index is 0.0359. The Balaban J connectivity index is 3.04. The summed E-state index contributed by atoms with van der Waals surface area (Å²) >= 11 is 3.24. The van der Waals surface area contributed by atoms with Crippen molar-refractivity contribution in [2.45, 2.75) is 26.8 Å². The zero-order valence-electron chi connectivity index (χ0n) is 8.90. The van der Waals surface area contributed by atoms with Gasteiger partial charge in [-0.05, 0) is 54.4 Å². The fourth-order valence-electron chi connectivity index (χ4n) is 1.16. The Labute approximate surface area is 97.0 Å². The van der Waals surface area contributed by atoms with Crippen LogP contribution in [0.2, 0.25) is 0 Å². The van der Waals surface area contributed by atoms with E-state index in [1.165, 1.54) is 6.07 Å². The Kier molecular flexibility index (Phi) is 3.85. The monoisotopic (exact) mass is 273 g/mol. The molecule has 1 N–H and O–H groups in total. The van der Waals surface area contributed by atoms with E-state index in [4.69, 9.17) is 0 Å². The van der Waals surface area contributed by atoms with Gasteiger partial charge >= 0.3 is 0 Å². The van der Waals surface area contributed by atoms with E-state index in [-0.39, 0.29) is 17.8 Å². The van der Waals surface area contributed by atoms with Crippen LogP contribution in [-0.4, -0.2) is 11.9 Å². The van der Waals surface area contributed by atoms with Gasteiger partial charge in [0.25, 0.3) is 5.91 Å². The largest absolute Gasteiger partial charge is 0.350 e. The van der Waals surface area contributed by atoms with Crippen LogP contribution in [0.3, 0.4) is 0 Å². The summed E-state index contributed by atoms with van der Waals surface area (Å²) < 4.78 is 13.9. The van der Waals surface area contributed by atoms with Gasteiger partial charge in [-0.1, -0.05) is 0 Å². The highest BCUT2D eigenvalue weighted by Crippen LogP contribution is 2.21. The summed E-state index contributed by atoms with van der Waals surface area (Å²) in [5.74, 6) is -0.636. The second kappa shape index (κ2) is 4.75. The molecule has 0 spiro atoms. The summed E-state index contributed by atoms with van der Waals surface area (Å²) in [6.07, 6.45) is 0. The topological polar surface area (TPSA) is 29.1 Å². The van der Waals surface area contributed by atoms with Crippen molar-refractivity contribution in [1.82, 2.24) is 5.32 Å². The average Bonchev–Trinajstić information content (AvgIpc) is 2.09. The van der Waals surface area contributed by atoms with Crippen LogP contribution in [0.5, 0.6) is 0 Å². The summed E-state index contributed by atoms with van der Waals surface area (Å²) in [4.78, 5) is 11.6. The standard InChI is InChI=1S/C11H13BrFNO/c1-6(2)14-11(15)8-5-10(13)7(3)4-9(8)12/h4-6H,1-3H3,(H,14,15). The van der Waals surface area contributed by atoms with Crippen LogP contribution < -0.4 is 5.32 Å². The maximum Gasteiger partial charge on any atom is 0.252 e. The lowest BCUT2D eigenvalue weighted by Crippen LogP contribution is -2.30. The molecule has 4 heteroatoms. The van der Waals surface area contributed by atoms with Gasteiger partial charge in [-0.15, -0.1) is 0 Å². The summed E-state index contributed by atoms with van der Waals surface area (Å²) in [5, 5.41) is 2.71. The van der Waals surface area contributed by atoms with Crippen LogP contribution in [-0.2, 0) is 0 Å². The first kappa shape index (κ1) is 12.2. The van der Waals surface area contributed by atoms with Crippen molar-refractivity contribution in [3.63, 3.8) is 0 Å². The predicted octanol–water partition coefficient (Wildman–Crippen LogP) is 3.03. The third-order valence-electron chi connectivity index (χ3n) is 1.91. The lowest BCUT2D eigenvalue weighted by atomic mass is 10.1. The zero-order valence-corrected chi connectivity index (χ0v) is 10.5. The quantitative estimate of drug-likeness (QED) is 0.882. The maximum atomic E-state index is 13.3. The van der Waals surface area contributed by atoms with Crippen molar-refractivity contribution in [2.75, 3.05) is 0 Å². The molecule has 0 aliphatic carbocycles. The van der Waals surface area contributed by atoms with Crippen molar-refractivity contribution in [3.05, 3.63) is 33.5 Å². The van der Waals surface area contributed by atoms with E-state index >= 15 is 0 Å². The summed E-state index contributed by atoms with van der Waals surface area (Å²) in [6.45, 7) is 5.37. The molecular weight excluding hydrogens is 261 g/mol. The van der Waals surface area contributed by atoms with Crippen LogP contribution in [0.25, 0.3) is 0 Å². The molecule has 0 saturated carbocycles. The predicted molar refractivity (Wildman–Crippen MR) is 61.4 cm³/mol. The molecular formula is C11H13BrFNO. The van der Waals surface area contributed by atoms with Crippen molar-refractivity contribution in [2.24, 2.45) is 0 Å². The lowest BCUT2D eigenvalue weighted by molar-refractivity contribution is 0.0942. The van der Waals surface area contributed by atoms with E-state index in [1.54, 1.807) is 13.0 Å². The molecule has 0 saturated heterocycles. The highest BCUT2D eigenvalue weighted by molar-refractivity contribution is 9.10. The van der Waals surface area contributed by atoms with Gasteiger partial charge in [-0.25, -0.2) is 4.39 Å². The molecule has 2 nitrogen and oxygen atoms in total. The second-order valence-electron chi connectivity index (χ2n) is 3.71. The maximum absolute atomic E-state index is 13.3. The van der Waals surface area contributed by atoms with E-state index < -0.39 is 0 Å². The third kappa shape index (κ3) is 3.02. The van der Waals surface area contributed by atoms with E-state index in [0.29, 0.717) is 15.6 Å². The van der Waals surface area contributed by atoms with Crippen LogP contribution >= 0.6 is 15.9 Å². The molecule has 0 aromatic heterocycles. The normalized spacial score (nSPS) is 10.5. The molecule has 1 amide bonds. The Hall–Kier alpha value is -0.900. The number of amides is 1. The molecule has 0 atom stereocenters. The molecule has 0 radical (unpaired) electrons. The third-order valence-corrected chi connectivity index (χ3v) is 2.57. The Morgan fingerprint density at radius 2 is 2.07 bits per heavy atom. The molecule has 0 heterocycles. The average molecular weight is 274 g/mol. The van der Waals surface area contributed by atoms with Crippen molar-refractivity contribution < 1.29 is 9.18 Å². The molecule has 0 aliphatic rings. The van der Waals surface area contributed by atoms with E-state index in [1.807, 2.05) is 13.8 Å². The summed E-state index contributed by atoms with van der Waals surface area (Å²) in [6, 6.07) is 2.88. The van der Waals surface area contributed by atoms with E-state index in [0.717, 1.165) is 0 Å². The van der Waals surface area contributed by atoms with Crippen LogP contribution in [0.4, 0.5) is 4.39 Å². The number of benzene rings is 1. The van der Waals surface area contributed by atoms with Crippen LogP contribution in [0.1, 0.15) is 29.8 Å². The minimum atomic E-state index is -0.368. The summed E-state index contributed by atoms with van der Waals surface area (Å²) in [5.41, 5.74) is 0.842. The number of carbonyl (C=O) groups is 1. The van der Waals surface area contributed by atoms with Crippen molar-refractivity contribution in [1.29, 1.82) is 0 Å². The fourth-order valence-corrected chi connectivity index (χ4v) is 1.80. The Bertz CT molecular complexity index is 390. The van der Waals surface area contributed by atoms with Gasteiger partial charge in [0.2, 0.25) is 0 Å². The van der Waals surface area contributed by atoms with Gasteiger partial charge < -0.3 is 5.32 Å². The fraction of sp³-hybridized carbons (Fsp3) is 0.364. The van der Waals surface area contributed by atoms with Crippen molar-refractivity contribution in [3.8, 4) is 0 Å². The van der Waals surface area contributed by atoms with Gasteiger partial charge in [0.05, 0.1) is 5.56 Å². The molecule has 15 heavy (non-hydrogen) atoms. The molecule has 1 aromatic rings. The Morgan fingerprint density at radius 3 is 2.60 bits per heavy atom. The SMILES string of the molecule is Cc1cc(Br)c(C(=O)NC(C)C)cc1F. The van der Waals surface area contributed by atoms with Gasteiger partial charge in [0.15, 0.2) is 0 Å². The summed E-state index contributed by atoms with van der Waals surface area (Å²) in [7, 11) is 0. The van der Waals surface area contributed by atoms with Gasteiger partial charge in [0.1, 0.15) is 5.82 Å². The van der Waals surface area contributed by atoms with Gasteiger partial charge in [-0.3, -0.25) is 4.79 Å². The molecule has 0 bridgehead atoms. The van der Waals surface area contributed by atoms with Crippen molar-refractivity contribution >= 4 is 21.8 Å². The Morgan fingerprint density at radius 1 is 1.47 bits per heavy atom. The molecule has 0 unspecified atom stereocenters.